The summed E-state index contributed by atoms with van der Waals surface area (Å²) in [6.07, 6.45) is 2.23. The second-order valence-electron chi connectivity index (χ2n) is 3.39. The number of aromatic amines is 1. The number of nitrogens with zero attached hydrogens (tertiary/aromatic N) is 1. The Bertz CT molecular complexity index is 284. The molecule has 0 saturated heterocycles. The van der Waals surface area contributed by atoms with Crippen LogP contribution < -0.4 is 10.6 Å². The third-order valence-corrected chi connectivity index (χ3v) is 2.17. The first-order valence-electron chi connectivity index (χ1n) is 5.23. The van der Waals surface area contributed by atoms with Crippen LogP contribution >= 0.6 is 0 Å². The maximum atomic E-state index is 11.1. The molecular weight excluding hydrogens is 192 g/mol. The number of carbonyl (C=O) groups excluding carboxylic acids is 1. The lowest BCUT2D eigenvalue weighted by molar-refractivity contribution is -0.120. The van der Waals surface area contributed by atoms with Crippen LogP contribution in [-0.2, 0) is 4.79 Å². The largest absolute Gasteiger partial charge is 0.356 e. The third-order valence-electron chi connectivity index (χ3n) is 2.17. The van der Waals surface area contributed by atoms with Gasteiger partial charge in [0.1, 0.15) is 0 Å². The molecule has 0 aliphatic carbocycles. The van der Waals surface area contributed by atoms with Crippen molar-refractivity contribution in [2.45, 2.75) is 26.3 Å². The highest BCUT2D eigenvalue weighted by Gasteiger charge is 2.06. The third kappa shape index (κ3) is 4.12. The molecule has 15 heavy (non-hydrogen) atoms. The maximum absolute atomic E-state index is 11.1. The molecule has 1 heterocycles. The minimum atomic E-state index is 0.0850. The van der Waals surface area contributed by atoms with Gasteiger partial charge >= 0.3 is 0 Å². The number of amides is 1. The van der Waals surface area contributed by atoms with Crippen molar-refractivity contribution in [3.63, 3.8) is 0 Å². The first kappa shape index (κ1) is 11.7. The van der Waals surface area contributed by atoms with E-state index in [1.807, 2.05) is 19.9 Å². The predicted molar refractivity (Wildman–Crippen MR) is 58.3 cm³/mol. The Morgan fingerprint density at radius 2 is 2.47 bits per heavy atom. The van der Waals surface area contributed by atoms with Crippen LogP contribution in [0.2, 0.25) is 0 Å². The van der Waals surface area contributed by atoms with E-state index in [9.17, 15) is 4.79 Å². The molecule has 0 spiro atoms. The molecule has 0 aliphatic heterocycles. The molecule has 3 N–H and O–H groups in total. The van der Waals surface area contributed by atoms with Gasteiger partial charge in [0, 0.05) is 31.7 Å². The van der Waals surface area contributed by atoms with Gasteiger partial charge in [-0.05, 0) is 19.9 Å². The SMILES string of the molecule is CCNC(=O)CCNC(C)c1ccn[nH]1. The van der Waals surface area contributed by atoms with Crippen LogP contribution in [0.3, 0.4) is 0 Å². The van der Waals surface area contributed by atoms with E-state index >= 15 is 0 Å². The van der Waals surface area contributed by atoms with E-state index in [-0.39, 0.29) is 11.9 Å². The fourth-order valence-electron chi connectivity index (χ4n) is 1.31. The number of carbonyl (C=O) groups is 1. The number of rotatable bonds is 6. The second-order valence-corrected chi connectivity index (χ2v) is 3.39. The molecule has 0 saturated carbocycles. The molecule has 1 atom stereocenters. The van der Waals surface area contributed by atoms with Crippen molar-refractivity contribution in [2.24, 2.45) is 0 Å². The highest BCUT2D eigenvalue weighted by atomic mass is 16.1. The van der Waals surface area contributed by atoms with Crippen LogP contribution in [0.15, 0.2) is 12.3 Å². The molecule has 0 fully saturated rings. The normalized spacial score (nSPS) is 12.4. The summed E-state index contributed by atoms with van der Waals surface area (Å²) in [6, 6.07) is 2.12. The lowest BCUT2D eigenvalue weighted by Crippen LogP contribution is -2.28. The maximum Gasteiger partial charge on any atom is 0.221 e. The summed E-state index contributed by atoms with van der Waals surface area (Å²) in [5, 5.41) is 12.8. The Labute approximate surface area is 89.6 Å². The summed E-state index contributed by atoms with van der Waals surface area (Å²) in [5.74, 6) is 0.0850. The summed E-state index contributed by atoms with van der Waals surface area (Å²) >= 11 is 0. The molecule has 0 aromatic carbocycles. The lowest BCUT2D eigenvalue weighted by atomic mass is 10.2. The van der Waals surface area contributed by atoms with Crippen LogP contribution in [0.4, 0.5) is 0 Å². The summed E-state index contributed by atoms with van der Waals surface area (Å²) in [6.45, 7) is 5.31. The van der Waals surface area contributed by atoms with Crippen molar-refractivity contribution < 1.29 is 4.79 Å². The van der Waals surface area contributed by atoms with Crippen LogP contribution in [0, 0.1) is 0 Å². The number of aromatic nitrogens is 2. The lowest BCUT2D eigenvalue weighted by Gasteiger charge is -2.11. The van der Waals surface area contributed by atoms with Crippen LogP contribution in [-0.4, -0.2) is 29.2 Å². The molecule has 5 nitrogen and oxygen atoms in total. The molecule has 1 unspecified atom stereocenters. The molecule has 1 aromatic heterocycles. The second kappa shape index (κ2) is 6.19. The number of H-pyrrole nitrogens is 1. The molecule has 0 bridgehead atoms. The Morgan fingerprint density at radius 1 is 1.67 bits per heavy atom. The fraction of sp³-hybridized carbons (Fsp3) is 0.600. The van der Waals surface area contributed by atoms with E-state index in [0.717, 1.165) is 5.69 Å². The molecule has 1 rings (SSSR count). The van der Waals surface area contributed by atoms with Gasteiger partial charge in [-0.1, -0.05) is 0 Å². The van der Waals surface area contributed by atoms with Crippen LogP contribution in [0.1, 0.15) is 32.0 Å². The van der Waals surface area contributed by atoms with Gasteiger partial charge in [0.15, 0.2) is 0 Å². The van der Waals surface area contributed by atoms with Crippen molar-refractivity contribution in [1.82, 2.24) is 20.8 Å². The molecule has 84 valence electrons. The highest BCUT2D eigenvalue weighted by Crippen LogP contribution is 2.06. The zero-order valence-corrected chi connectivity index (χ0v) is 9.21. The number of hydrogen-bond acceptors (Lipinski definition) is 3. The van der Waals surface area contributed by atoms with Crippen LogP contribution in [0.25, 0.3) is 0 Å². The minimum Gasteiger partial charge on any atom is -0.356 e. The summed E-state index contributed by atoms with van der Waals surface area (Å²) in [5.41, 5.74) is 1.03. The van der Waals surface area contributed by atoms with Gasteiger partial charge in [0.25, 0.3) is 0 Å². The zero-order valence-electron chi connectivity index (χ0n) is 9.21. The van der Waals surface area contributed by atoms with Crippen molar-refractivity contribution in [3.05, 3.63) is 18.0 Å². The number of hydrogen-bond donors (Lipinski definition) is 3. The Kier molecular flexibility index (Phi) is 4.83. The summed E-state index contributed by atoms with van der Waals surface area (Å²) < 4.78 is 0. The first-order chi connectivity index (χ1) is 7.24. The average Bonchev–Trinajstić information content (AvgIpc) is 2.70. The molecule has 5 heteroatoms. The van der Waals surface area contributed by atoms with E-state index < -0.39 is 0 Å². The van der Waals surface area contributed by atoms with Gasteiger partial charge in [-0.15, -0.1) is 0 Å². The first-order valence-corrected chi connectivity index (χ1v) is 5.23. The number of nitrogens with one attached hydrogen (secondary N) is 3. The summed E-state index contributed by atoms with van der Waals surface area (Å²) in [7, 11) is 0. The Hall–Kier alpha value is -1.36. The monoisotopic (exact) mass is 210 g/mol. The smallest absolute Gasteiger partial charge is 0.221 e. The molecule has 1 amide bonds. The van der Waals surface area contributed by atoms with Crippen LogP contribution in [0.5, 0.6) is 0 Å². The standard InChI is InChI=1S/C10H18N4O/c1-3-11-10(15)5-6-12-8(2)9-4-7-13-14-9/h4,7-8,12H,3,5-6H2,1-2H3,(H,11,15)(H,13,14). The Balaban J connectivity index is 2.18. The quantitative estimate of drug-likeness (QED) is 0.643. The fourth-order valence-corrected chi connectivity index (χ4v) is 1.31. The predicted octanol–water partition coefficient (Wildman–Crippen LogP) is 0.586. The minimum absolute atomic E-state index is 0.0850. The highest BCUT2D eigenvalue weighted by molar-refractivity contribution is 5.75. The van der Waals surface area contributed by atoms with Gasteiger partial charge in [-0.3, -0.25) is 9.89 Å². The molecule has 0 aliphatic rings. The van der Waals surface area contributed by atoms with Gasteiger partial charge in [0.2, 0.25) is 5.91 Å². The van der Waals surface area contributed by atoms with Crippen molar-refractivity contribution in [2.75, 3.05) is 13.1 Å². The van der Waals surface area contributed by atoms with E-state index in [2.05, 4.69) is 20.8 Å². The van der Waals surface area contributed by atoms with Crippen molar-refractivity contribution >= 4 is 5.91 Å². The van der Waals surface area contributed by atoms with E-state index in [4.69, 9.17) is 0 Å². The van der Waals surface area contributed by atoms with E-state index in [1.165, 1.54) is 0 Å². The summed E-state index contributed by atoms with van der Waals surface area (Å²) in [4.78, 5) is 11.1. The van der Waals surface area contributed by atoms with E-state index in [1.54, 1.807) is 6.20 Å². The van der Waals surface area contributed by atoms with Gasteiger partial charge in [-0.25, -0.2) is 0 Å². The molecule has 1 aromatic rings. The Morgan fingerprint density at radius 3 is 3.07 bits per heavy atom. The molecular formula is C10H18N4O. The van der Waals surface area contributed by atoms with Crippen molar-refractivity contribution in [3.8, 4) is 0 Å². The van der Waals surface area contributed by atoms with Gasteiger partial charge in [-0.2, -0.15) is 5.10 Å². The average molecular weight is 210 g/mol. The zero-order chi connectivity index (χ0) is 11.1. The van der Waals surface area contributed by atoms with Gasteiger partial charge in [0.05, 0.1) is 5.69 Å². The molecule has 0 radical (unpaired) electrons. The van der Waals surface area contributed by atoms with Gasteiger partial charge < -0.3 is 10.6 Å². The van der Waals surface area contributed by atoms with E-state index in [0.29, 0.717) is 19.5 Å². The van der Waals surface area contributed by atoms with Crippen molar-refractivity contribution in [1.29, 1.82) is 0 Å². The topological polar surface area (TPSA) is 69.8 Å².